The molecular formula is C10H18ClNO. The molecule has 1 fully saturated rings. The molecule has 2 nitrogen and oxygen atoms in total. The van der Waals surface area contributed by atoms with Crippen LogP contribution < -0.4 is 5.32 Å². The Balaban J connectivity index is 2.00. The molecule has 0 aromatic heterocycles. The summed E-state index contributed by atoms with van der Waals surface area (Å²) in [5.41, 5.74) is 0. The van der Waals surface area contributed by atoms with Gasteiger partial charge < -0.3 is 5.32 Å². The Kier molecular flexibility index (Phi) is 4.57. The molecule has 0 aromatic carbocycles. The van der Waals surface area contributed by atoms with Crippen molar-refractivity contribution in [2.75, 3.05) is 6.54 Å². The highest BCUT2D eigenvalue weighted by atomic mass is 35.5. The Labute approximate surface area is 85.0 Å². The lowest BCUT2D eigenvalue weighted by atomic mass is 10.2. The highest BCUT2D eigenvalue weighted by Gasteiger charge is 2.29. The summed E-state index contributed by atoms with van der Waals surface area (Å²) >= 11 is 6.04. The van der Waals surface area contributed by atoms with Gasteiger partial charge in [0.15, 0.2) is 0 Å². The van der Waals surface area contributed by atoms with Crippen LogP contribution in [-0.4, -0.2) is 17.8 Å². The fourth-order valence-electron chi connectivity index (χ4n) is 1.26. The van der Waals surface area contributed by atoms with Crippen LogP contribution in [0.1, 0.15) is 39.0 Å². The van der Waals surface area contributed by atoms with Gasteiger partial charge in [0.2, 0.25) is 5.91 Å². The average molecular weight is 204 g/mol. The molecule has 0 aromatic rings. The van der Waals surface area contributed by atoms with Gasteiger partial charge in [0.25, 0.3) is 0 Å². The zero-order chi connectivity index (χ0) is 9.68. The molecule has 3 heteroatoms. The Morgan fingerprint density at radius 3 is 2.85 bits per heavy atom. The van der Waals surface area contributed by atoms with Gasteiger partial charge in [-0.3, -0.25) is 4.79 Å². The Morgan fingerprint density at radius 1 is 1.62 bits per heavy atom. The summed E-state index contributed by atoms with van der Waals surface area (Å²) in [6.45, 7) is 2.73. The van der Waals surface area contributed by atoms with Crippen LogP contribution in [0.25, 0.3) is 0 Å². The summed E-state index contributed by atoms with van der Waals surface area (Å²) in [4.78, 5) is 11.2. The highest BCUT2D eigenvalue weighted by molar-refractivity contribution is 6.21. The number of halogens is 1. The molecule has 1 aliphatic carbocycles. The van der Waals surface area contributed by atoms with Gasteiger partial charge in [-0.2, -0.15) is 0 Å². The molecule has 1 rings (SSSR count). The maximum absolute atomic E-state index is 11.2. The molecule has 0 spiro atoms. The maximum atomic E-state index is 11.2. The van der Waals surface area contributed by atoms with Crippen molar-refractivity contribution in [3.8, 4) is 0 Å². The van der Waals surface area contributed by atoms with E-state index in [1.165, 1.54) is 12.8 Å². The molecule has 1 unspecified atom stereocenters. The van der Waals surface area contributed by atoms with Crippen molar-refractivity contribution in [1.82, 2.24) is 5.32 Å². The number of hydrogen-bond acceptors (Lipinski definition) is 1. The molecule has 76 valence electrons. The van der Waals surface area contributed by atoms with E-state index in [2.05, 4.69) is 12.2 Å². The normalized spacial score (nSPS) is 18.3. The second-order valence-corrected chi connectivity index (χ2v) is 4.32. The van der Waals surface area contributed by atoms with E-state index in [1.807, 2.05) is 0 Å². The van der Waals surface area contributed by atoms with E-state index < -0.39 is 0 Å². The van der Waals surface area contributed by atoms with Crippen molar-refractivity contribution in [2.45, 2.75) is 44.4 Å². The van der Waals surface area contributed by atoms with Crippen molar-refractivity contribution in [1.29, 1.82) is 0 Å². The van der Waals surface area contributed by atoms with Gasteiger partial charge >= 0.3 is 0 Å². The van der Waals surface area contributed by atoms with Gasteiger partial charge in [-0.1, -0.05) is 13.3 Å². The van der Waals surface area contributed by atoms with Gasteiger partial charge in [-0.15, -0.1) is 11.6 Å². The fourth-order valence-corrected chi connectivity index (χ4v) is 1.59. The topological polar surface area (TPSA) is 29.1 Å². The third-order valence-corrected chi connectivity index (χ3v) is 2.90. The molecule has 13 heavy (non-hydrogen) atoms. The molecular weight excluding hydrogens is 186 g/mol. The van der Waals surface area contributed by atoms with E-state index in [0.717, 1.165) is 12.8 Å². The van der Waals surface area contributed by atoms with Crippen LogP contribution in [0, 0.1) is 5.92 Å². The molecule has 1 aliphatic rings. The first-order valence-corrected chi connectivity index (χ1v) is 5.58. The smallest absolute Gasteiger partial charge is 0.220 e. The number of alkyl halides is 1. The van der Waals surface area contributed by atoms with Gasteiger partial charge in [-0.25, -0.2) is 0 Å². The van der Waals surface area contributed by atoms with Gasteiger partial charge in [0, 0.05) is 13.0 Å². The number of rotatable bonds is 6. The van der Waals surface area contributed by atoms with E-state index in [9.17, 15) is 4.79 Å². The standard InChI is InChI=1S/C10H18ClNO/c1-2-3-4-10(13)12-7-9(11)8-5-6-8/h8-9H,2-7H2,1H3,(H,12,13). The van der Waals surface area contributed by atoms with Crippen LogP contribution in [0.4, 0.5) is 0 Å². The molecule has 1 atom stereocenters. The van der Waals surface area contributed by atoms with Crippen LogP contribution in [0.3, 0.4) is 0 Å². The quantitative estimate of drug-likeness (QED) is 0.660. The van der Waals surface area contributed by atoms with Crippen LogP contribution in [-0.2, 0) is 4.79 Å². The van der Waals surface area contributed by atoms with Gasteiger partial charge in [0.05, 0.1) is 5.38 Å². The van der Waals surface area contributed by atoms with E-state index in [-0.39, 0.29) is 11.3 Å². The van der Waals surface area contributed by atoms with E-state index in [1.54, 1.807) is 0 Å². The van der Waals surface area contributed by atoms with E-state index >= 15 is 0 Å². The summed E-state index contributed by atoms with van der Waals surface area (Å²) in [6.07, 6.45) is 5.16. The molecule has 0 bridgehead atoms. The largest absolute Gasteiger partial charge is 0.355 e. The number of carbonyl (C=O) groups is 1. The monoisotopic (exact) mass is 203 g/mol. The van der Waals surface area contributed by atoms with E-state index in [0.29, 0.717) is 18.9 Å². The minimum absolute atomic E-state index is 0.146. The molecule has 1 saturated carbocycles. The summed E-state index contributed by atoms with van der Waals surface area (Å²) in [7, 11) is 0. The SMILES string of the molecule is CCCCC(=O)NCC(Cl)C1CC1. The van der Waals surface area contributed by atoms with Gasteiger partial charge in [-0.05, 0) is 25.2 Å². The van der Waals surface area contributed by atoms with Crippen molar-refractivity contribution < 1.29 is 4.79 Å². The zero-order valence-electron chi connectivity index (χ0n) is 8.18. The Bertz CT molecular complexity index is 168. The van der Waals surface area contributed by atoms with Crippen LogP contribution in [0.15, 0.2) is 0 Å². The average Bonchev–Trinajstić information content (AvgIpc) is 2.93. The minimum atomic E-state index is 0.146. The van der Waals surface area contributed by atoms with Crippen LogP contribution in [0.5, 0.6) is 0 Å². The van der Waals surface area contributed by atoms with Crippen LogP contribution >= 0.6 is 11.6 Å². The van der Waals surface area contributed by atoms with Crippen molar-refractivity contribution in [3.63, 3.8) is 0 Å². The second-order valence-electron chi connectivity index (χ2n) is 3.76. The number of unbranched alkanes of at least 4 members (excludes halogenated alkanes) is 1. The lowest BCUT2D eigenvalue weighted by Gasteiger charge is -2.08. The van der Waals surface area contributed by atoms with E-state index in [4.69, 9.17) is 11.6 Å². The minimum Gasteiger partial charge on any atom is -0.355 e. The summed E-state index contributed by atoms with van der Waals surface area (Å²) in [5, 5.41) is 3.03. The first kappa shape index (κ1) is 10.8. The molecule has 0 aliphatic heterocycles. The highest BCUT2D eigenvalue weighted by Crippen LogP contribution is 2.35. The zero-order valence-corrected chi connectivity index (χ0v) is 8.94. The second kappa shape index (κ2) is 5.48. The predicted octanol–water partition coefficient (Wildman–Crippen LogP) is 2.31. The van der Waals surface area contributed by atoms with Crippen molar-refractivity contribution >= 4 is 17.5 Å². The first-order valence-electron chi connectivity index (χ1n) is 5.14. The summed E-state index contributed by atoms with van der Waals surface area (Å²) in [6, 6.07) is 0. The number of amides is 1. The summed E-state index contributed by atoms with van der Waals surface area (Å²) < 4.78 is 0. The molecule has 0 saturated heterocycles. The number of nitrogens with one attached hydrogen (secondary N) is 1. The Morgan fingerprint density at radius 2 is 2.31 bits per heavy atom. The predicted molar refractivity (Wildman–Crippen MR) is 54.9 cm³/mol. The molecule has 1 amide bonds. The van der Waals surface area contributed by atoms with Crippen molar-refractivity contribution in [2.24, 2.45) is 5.92 Å². The fraction of sp³-hybridized carbons (Fsp3) is 0.900. The van der Waals surface area contributed by atoms with Crippen molar-refractivity contribution in [3.05, 3.63) is 0 Å². The Hall–Kier alpha value is -0.240. The first-order chi connectivity index (χ1) is 6.24. The van der Waals surface area contributed by atoms with Crippen LogP contribution in [0.2, 0.25) is 0 Å². The third-order valence-electron chi connectivity index (χ3n) is 2.39. The van der Waals surface area contributed by atoms with Gasteiger partial charge in [0.1, 0.15) is 0 Å². The molecule has 0 radical (unpaired) electrons. The molecule has 1 N–H and O–H groups in total. The lowest BCUT2D eigenvalue weighted by molar-refractivity contribution is -0.121. The molecule has 0 heterocycles. The third kappa shape index (κ3) is 4.51. The summed E-state index contributed by atoms with van der Waals surface area (Å²) in [5.74, 6) is 0.807. The number of hydrogen-bond donors (Lipinski definition) is 1. The maximum Gasteiger partial charge on any atom is 0.220 e. The number of carbonyl (C=O) groups excluding carboxylic acids is 1. The lowest BCUT2D eigenvalue weighted by Crippen LogP contribution is -2.30.